The Morgan fingerprint density at radius 2 is 1.53 bits per heavy atom. The molecule has 0 aromatic heterocycles. The van der Waals surface area contributed by atoms with Crippen molar-refractivity contribution in [2.75, 3.05) is 0 Å². The summed E-state index contributed by atoms with van der Waals surface area (Å²) in [6.07, 6.45) is 1.43. The molecule has 0 aliphatic rings. The van der Waals surface area contributed by atoms with Gasteiger partial charge in [0.2, 0.25) is 0 Å². The number of hydrogen-bond donors (Lipinski definition) is 1. The number of nitrogens with zero attached hydrogens (tertiary/aromatic N) is 1. The molecular weight excluding hydrogens is 400 g/mol. The molecule has 6 nitrogen and oxygen atoms in total. The maximum absolute atomic E-state index is 12.3. The maximum atomic E-state index is 12.3. The van der Waals surface area contributed by atoms with E-state index in [1.54, 1.807) is 30.3 Å². The summed E-state index contributed by atoms with van der Waals surface area (Å²) in [5, 5.41) is 12.0. The zero-order valence-corrected chi connectivity index (χ0v) is 16.7. The first-order valence-corrected chi connectivity index (χ1v) is 10.4. The van der Waals surface area contributed by atoms with Gasteiger partial charge in [0, 0.05) is 6.54 Å². The van der Waals surface area contributed by atoms with Crippen molar-refractivity contribution >= 4 is 22.1 Å². The van der Waals surface area contributed by atoms with Gasteiger partial charge in [-0.15, -0.1) is 0 Å². The summed E-state index contributed by atoms with van der Waals surface area (Å²) in [5.74, 6) is -0.364. The Hall–Kier alpha value is -3.89. The fourth-order valence-electron chi connectivity index (χ4n) is 2.57. The molecule has 3 aromatic rings. The van der Waals surface area contributed by atoms with Crippen molar-refractivity contribution in [3.05, 3.63) is 102 Å². The molecule has 3 aromatic carbocycles. The molecule has 0 saturated carbocycles. The minimum atomic E-state index is -3.93. The summed E-state index contributed by atoms with van der Waals surface area (Å²) < 4.78 is 29.6. The minimum absolute atomic E-state index is 0.0517. The highest BCUT2D eigenvalue weighted by Crippen LogP contribution is 2.20. The molecule has 7 heteroatoms. The summed E-state index contributed by atoms with van der Waals surface area (Å²) in [7, 11) is -3.93. The zero-order chi connectivity index (χ0) is 21.4. The van der Waals surface area contributed by atoms with Crippen LogP contribution in [0.25, 0.3) is 6.08 Å². The third-order valence-electron chi connectivity index (χ3n) is 4.09. The number of rotatable bonds is 7. The van der Waals surface area contributed by atoms with Gasteiger partial charge in [-0.2, -0.15) is 13.7 Å². The Balaban J connectivity index is 1.67. The molecule has 0 radical (unpaired) electrons. The zero-order valence-electron chi connectivity index (χ0n) is 15.9. The lowest BCUT2D eigenvalue weighted by molar-refractivity contribution is -0.117. The number of carbonyl (C=O) groups excluding carboxylic acids is 1. The van der Waals surface area contributed by atoms with Crippen LogP contribution in [0.2, 0.25) is 0 Å². The van der Waals surface area contributed by atoms with E-state index in [2.05, 4.69) is 5.32 Å². The third kappa shape index (κ3) is 5.56. The van der Waals surface area contributed by atoms with Crippen molar-refractivity contribution in [3.63, 3.8) is 0 Å². The topological polar surface area (TPSA) is 96.3 Å². The summed E-state index contributed by atoms with van der Waals surface area (Å²) in [6, 6.07) is 25.1. The van der Waals surface area contributed by atoms with Gasteiger partial charge in [0.05, 0.1) is 0 Å². The number of carbonyl (C=O) groups is 1. The van der Waals surface area contributed by atoms with Crippen LogP contribution in [0.4, 0.5) is 0 Å². The van der Waals surface area contributed by atoms with E-state index in [0.29, 0.717) is 12.1 Å². The Morgan fingerprint density at radius 3 is 2.13 bits per heavy atom. The molecule has 150 valence electrons. The summed E-state index contributed by atoms with van der Waals surface area (Å²) in [4.78, 5) is 12.3. The molecule has 1 amide bonds. The summed E-state index contributed by atoms with van der Waals surface area (Å²) >= 11 is 0. The molecule has 0 fully saturated rings. The van der Waals surface area contributed by atoms with Crippen LogP contribution >= 0.6 is 0 Å². The fraction of sp³-hybridized carbons (Fsp3) is 0.0435. The van der Waals surface area contributed by atoms with Gasteiger partial charge in [0.25, 0.3) is 5.91 Å². The predicted molar refractivity (Wildman–Crippen MR) is 113 cm³/mol. The van der Waals surface area contributed by atoms with Gasteiger partial charge in [-0.05, 0) is 41.5 Å². The van der Waals surface area contributed by atoms with E-state index in [-0.39, 0.29) is 16.2 Å². The smallest absolute Gasteiger partial charge is 0.339 e. The molecule has 0 saturated heterocycles. The first-order valence-electron chi connectivity index (χ1n) is 9.01. The number of amides is 1. The van der Waals surface area contributed by atoms with E-state index in [1.807, 2.05) is 36.4 Å². The fourth-order valence-corrected chi connectivity index (χ4v) is 3.52. The molecule has 1 N–H and O–H groups in total. The van der Waals surface area contributed by atoms with Gasteiger partial charge < -0.3 is 9.50 Å². The lowest BCUT2D eigenvalue weighted by atomic mass is 10.1. The SMILES string of the molecule is N#C/C(=C\c1ccc(OS(=O)(=O)c2ccccc2)cc1)C(=O)NCc1ccccc1. The first-order chi connectivity index (χ1) is 14.5. The number of hydrogen-bond acceptors (Lipinski definition) is 5. The van der Waals surface area contributed by atoms with Crippen molar-refractivity contribution in [1.82, 2.24) is 5.32 Å². The quantitative estimate of drug-likeness (QED) is 0.359. The van der Waals surface area contributed by atoms with Gasteiger partial charge in [0.15, 0.2) is 0 Å². The van der Waals surface area contributed by atoms with Crippen LogP contribution < -0.4 is 9.50 Å². The molecular formula is C23H18N2O4S. The number of nitrogens with one attached hydrogen (secondary N) is 1. The van der Waals surface area contributed by atoms with Crippen LogP contribution in [-0.2, 0) is 21.5 Å². The lowest BCUT2D eigenvalue weighted by Crippen LogP contribution is -2.23. The molecule has 0 atom stereocenters. The van der Waals surface area contributed by atoms with E-state index in [4.69, 9.17) is 4.18 Å². The second-order valence-electron chi connectivity index (χ2n) is 6.26. The Labute approximate surface area is 175 Å². The summed E-state index contributed by atoms with van der Waals surface area (Å²) in [5.41, 5.74) is 1.42. The van der Waals surface area contributed by atoms with Crippen LogP contribution in [0.3, 0.4) is 0 Å². The van der Waals surface area contributed by atoms with E-state index < -0.39 is 16.0 Å². The average Bonchev–Trinajstić information content (AvgIpc) is 2.78. The maximum Gasteiger partial charge on any atom is 0.339 e. The largest absolute Gasteiger partial charge is 0.379 e. The average molecular weight is 418 g/mol. The van der Waals surface area contributed by atoms with Crippen molar-refractivity contribution in [1.29, 1.82) is 5.26 Å². The second kappa shape index (κ2) is 9.54. The van der Waals surface area contributed by atoms with Crippen molar-refractivity contribution in [2.24, 2.45) is 0 Å². The van der Waals surface area contributed by atoms with Crippen LogP contribution in [-0.4, -0.2) is 14.3 Å². The van der Waals surface area contributed by atoms with Crippen molar-refractivity contribution in [3.8, 4) is 11.8 Å². The van der Waals surface area contributed by atoms with Crippen LogP contribution in [0, 0.1) is 11.3 Å². The molecule has 30 heavy (non-hydrogen) atoms. The monoisotopic (exact) mass is 418 g/mol. The lowest BCUT2D eigenvalue weighted by Gasteiger charge is -2.07. The van der Waals surface area contributed by atoms with E-state index in [0.717, 1.165) is 5.56 Å². The highest BCUT2D eigenvalue weighted by molar-refractivity contribution is 7.87. The van der Waals surface area contributed by atoms with Gasteiger partial charge in [-0.25, -0.2) is 0 Å². The normalized spacial score (nSPS) is 11.4. The molecule has 3 rings (SSSR count). The summed E-state index contributed by atoms with van der Waals surface area (Å²) in [6.45, 7) is 0.308. The van der Waals surface area contributed by atoms with Crippen LogP contribution in [0.1, 0.15) is 11.1 Å². The molecule has 0 heterocycles. The highest BCUT2D eigenvalue weighted by atomic mass is 32.2. The van der Waals surface area contributed by atoms with Crippen molar-refractivity contribution in [2.45, 2.75) is 11.4 Å². The molecule has 0 bridgehead atoms. The Kier molecular flexibility index (Phi) is 6.63. The molecule has 0 unspecified atom stereocenters. The number of benzene rings is 3. The van der Waals surface area contributed by atoms with Crippen molar-refractivity contribution < 1.29 is 17.4 Å². The minimum Gasteiger partial charge on any atom is -0.379 e. The third-order valence-corrected chi connectivity index (χ3v) is 5.35. The van der Waals surface area contributed by atoms with E-state index in [9.17, 15) is 18.5 Å². The Morgan fingerprint density at radius 1 is 0.933 bits per heavy atom. The van der Waals surface area contributed by atoms with E-state index >= 15 is 0 Å². The first kappa shape index (κ1) is 20.8. The molecule has 0 spiro atoms. The molecule has 0 aliphatic heterocycles. The van der Waals surface area contributed by atoms with Gasteiger partial charge in [-0.3, -0.25) is 4.79 Å². The van der Waals surface area contributed by atoms with Gasteiger partial charge in [0.1, 0.15) is 22.3 Å². The van der Waals surface area contributed by atoms with Gasteiger partial charge >= 0.3 is 10.1 Å². The molecule has 0 aliphatic carbocycles. The standard InChI is InChI=1S/C23H18N2O4S/c24-16-20(23(26)25-17-19-7-3-1-4-8-19)15-18-11-13-21(14-12-18)29-30(27,28)22-9-5-2-6-10-22/h1-15H,17H2,(H,25,26)/b20-15+. The highest BCUT2D eigenvalue weighted by Gasteiger charge is 2.16. The van der Waals surface area contributed by atoms with Crippen LogP contribution in [0.15, 0.2) is 95.4 Å². The Bertz CT molecular complexity index is 1180. The number of nitriles is 1. The van der Waals surface area contributed by atoms with Gasteiger partial charge in [-0.1, -0.05) is 60.7 Å². The van der Waals surface area contributed by atoms with Crippen LogP contribution in [0.5, 0.6) is 5.75 Å². The predicted octanol–water partition coefficient (Wildman–Crippen LogP) is 3.68. The second-order valence-corrected chi connectivity index (χ2v) is 7.80. The van der Waals surface area contributed by atoms with E-state index in [1.165, 1.54) is 30.3 Å².